The smallest absolute Gasteiger partial charge is 0.255 e. The van der Waals surface area contributed by atoms with E-state index in [1.807, 2.05) is 37.5 Å². The molecule has 1 saturated heterocycles. The van der Waals surface area contributed by atoms with E-state index in [4.69, 9.17) is 8.83 Å². The van der Waals surface area contributed by atoms with E-state index < -0.39 is 21.7 Å². The summed E-state index contributed by atoms with van der Waals surface area (Å²) >= 11 is 0. The molecule has 1 fully saturated rings. The molecular formula is C35H34FN5O5S. The van der Waals surface area contributed by atoms with E-state index in [1.165, 1.54) is 29.7 Å². The number of benzene rings is 3. The first-order valence-electron chi connectivity index (χ1n) is 15.4. The number of carbonyl (C=O) groups is 1. The molecule has 1 amide bonds. The van der Waals surface area contributed by atoms with Crippen LogP contribution in [0.15, 0.2) is 74.5 Å². The molecule has 1 N–H and O–H groups in total. The molecular weight excluding hydrogens is 621 g/mol. The molecule has 2 aliphatic rings. The monoisotopic (exact) mass is 655 g/mol. The van der Waals surface area contributed by atoms with Crippen LogP contribution in [-0.4, -0.2) is 70.4 Å². The summed E-state index contributed by atoms with van der Waals surface area (Å²) in [6.45, 7) is 3.88. The number of aliphatic imine (C=N–C) groups is 1. The van der Waals surface area contributed by atoms with Crippen LogP contribution in [-0.2, 0) is 16.4 Å². The molecule has 0 bridgehead atoms. The molecule has 5 aromatic rings. The number of nitrogens with zero attached hydrogens (tertiary/aromatic N) is 4. The van der Waals surface area contributed by atoms with E-state index in [2.05, 4.69) is 27.1 Å². The molecule has 0 spiro atoms. The van der Waals surface area contributed by atoms with Crippen LogP contribution in [0.2, 0.25) is 0 Å². The zero-order chi connectivity index (χ0) is 33.0. The van der Waals surface area contributed by atoms with Crippen LogP contribution in [0.25, 0.3) is 44.9 Å². The molecule has 0 aliphatic carbocycles. The van der Waals surface area contributed by atoms with Crippen molar-refractivity contribution in [2.75, 3.05) is 44.3 Å². The van der Waals surface area contributed by atoms with Crippen LogP contribution < -0.4 is 9.62 Å². The molecule has 2 aromatic heterocycles. The highest BCUT2D eigenvalue weighted by atomic mass is 32.2. The molecule has 4 heterocycles. The van der Waals surface area contributed by atoms with Crippen molar-refractivity contribution in [1.82, 2.24) is 15.2 Å². The first-order chi connectivity index (χ1) is 22.5. The van der Waals surface area contributed by atoms with Crippen LogP contribution in [0, 0.1) is 17.7 Å². The van der Waals surface area contributed by atoms with Gasteiger partial charge >= 0.3 is 0 Å². The Morgan fingerprint density at radius 1 is 1.06 bits per heavy atom. The van der Waals surface area contributed by atoms with Gasteiger partial charge in [-0.2, -0.15) is 4.98 Å². The van der Waals surface area contributed by atoms with E-state index in [9.17, 15) is 17.6 Å². The third kappa shape index (κ3) is 5.83. The Morgan fingerprint density at radius 3 is 2.51 bits per heavy atom. The summed E-state index contributed by atoms with van der Waals surface area (Å²) in [6.07, 6.45) is 3.76. The van der Waals surface area contributed by atoms with Gasteiger partial charge in [0.05, 0.1) is 17.5 Å². The summed E-state index contributed by atoms with van der Waals surface area (Å²) in [5, 5.41) is 3.17. The van der Waals surface area contributed by atoms with Gasteiger partial charge < -0.3 is 19.1 Å². The van der Waals surface area contributed by atoms with Crippen LogP contribution in [0.4, 0.5) is 15.9 Å². The molecule has 12 heteroatoms. The summed E-state index contributed by atoms with van der Waals surface area (Å²) in [5.41, 5.74) is 3.48. The maximum atomic E-state index is 13.8. The van der Waals surface area contributed by atoms with Crippen LogP contribution in [0.5, 0.6) is 0 Å². The summed E-state index contributed by atoms with van der Waals surface area (Å²) in [5.74, 6) is 1.51. The summed E-state index contributed by atoms with van der Waals surface area (Å²) in [6, 6.07) is 16.7. The van der Waals surface area contributed by atoms with Gasteiger partial charge in [0.25, 0.3) is 5.91 Å². The average molecular weight is 656 g/mol. The number of sulfonamides is 1. The van der Waals surface area contributed by atoms with Gasteiger partial charge in [0, 0.05) is 73.4 Å². The fourth-order valence-electron chi connectivity index (χ4n) is 6.38. The van der Waals surface area contributed by atoms with E-state index >= 15 is 0 Å². The number of nitrogens with one attached hydrogen (secondary N) is 1. The fourth-order valence-corrected chi connectivity index (χ4v) is 7.37. The van der Waals surface area contributed by atoms with Crippen LogP contribution in [0.3, 0.4) is 0 Å². The number of anilines is 1. The van der Waals surface area contributed by atoms with E-state index in [1.54, 1.807) is 24.3 Å². The lowest BCUT2D eigenvalue weighted by Crippen LogP contribution is -2.50. The highest BCUT2D eigenvalue weighted by Crippen LogP contribution is 2.43. The minimum absolute atomic E-state index is 0.138. The van der Waals surface area contributed by atoms with Gasteiger partial charge in [-0.25, -0.2) is 17.8 Å². The van der Waals surface area contributed by atoms with Gasteiger partial charge in [-0.15, -0.1) is 0 Å². The molecule has 0 saturated carbocycles. The van der Waals surface area contributed by atoms with Crippen LogP contribution >= 0.6 is 0 Å². The number of likely N-dealkylation sites (tertiary alicyclic amines) is 1. The molecule has 10 nitrogen and oxygen atoms in total. The third-order valence-corrected chi connectivity index (χ3v) is 9.80. The predicted octanol–water partition coefficient (Wildman–Crippen LogP) is 6.14. The summed E-state index contributed by atoms with van der Waals surface area (Å²) < 4.78 is 54.6. The Hall–Kier alpha value is -4.81. The van der Waals surface area contributed by atoms with Crippen molar-refractivity contribution in [3.8, 4) is 33.9 Å². The van der Waals surface area contributed by atoms with Crippen molar-refractivity contribution in [1.29, 1.82) is 0 Å². The average Bonchev–Trinajstić information content (AvgIpc) is 3.62. The van der Waals surface area contributed by atoms with E-state index in [-0.39, 0.29) is 29.7 Å². The molecule has 2 aliphatic heterocycles. The maximum absolute atomic E-state index is 13.8. The lowest BCUT2D eigenvalue weighted by molar-refractivity contribution is 0.0964. The van der Waals surface area contributed by atoms with E-state index in [0.717, 1.165) is 18.8 Å². The molecule has 0 radical (unpaired) electrons. The Balaban J connectivity index is 1.44. The molecule has 242 valence electrons. The number of aromatic nitrogens is 1. The van der Waals surface area contributed by atoms with Crippen molar-refractivity contribution in [2.45, 2.75) is 13.3 Å². The molecule has 1 unspecified atom stereocenters. The first-order valence-corrected chi connectivity index (χ1v) is 17.2. The van der Waals surface area contributed by atoms with Gasteiger partial charge in [-0.05, 0) is 61.0 Å². The number of halogens is 1. The highest BCUT2D eigenvalue weighted by molar-refractivity contribution is 7.92. The third-order valence-electron chi connectivity index (χ3n) is 8.66. The van der Waals surface area contributed by atoms with Crippen molar-refractivity contribution in [3.05, 3.63) is 77.8 Å². The second-order valence-corrected chi connectivity index (χ2v) is 14.4. The lowest BCUT2D eigenvalue weighted by Gasteiger charge is -2.39. The number of oxazole rings is 1. The second kappa shape index (κ2) is 11.8. The predicted molar refractivity (Wildman–Crippen MR) is 180 cm³/mol. The van der Waals surface area contributed by atoms with Gasteiger partial charge in [-0.3, -0.25) is 9.10 Å². The Kier molecular flexibility index (Phi) is 7.72. The fraction of sp³-hybridized carbons (Fsp3) is 0.286. The van der Waals surface area contributed by atoms with Crippen molar-refractivity contribution in [2.24, 2.45) is 16.8 Å². The van der Waals surface area contributed by atoms with Gasteiger partial charge in [0.2, 0.25) is 15.9 Å². The lowest BCUT2D eigenvalue weighted by atomic mass is 9.96. The number of rotatable bonds is 8. The second-order valence-electron chi connectivity index (χ2n) is 12.4. The number of hydrogen-bond donors (Lipinski definition) is 1. The number of hydrogen-bond acceptors (Lipinski definition) is 8. The van der Waals surface area contributed by atoms with Crippen molar-refractivity contribution in [3.63, 3.8) is 0 Å². The summed E-state index contributed by atoms with van der Waals surface area (Å²) in [7, 11) is -0.230. The highest BCUT2D eigenvalue weighted by Gasteiger charge is 2.32. The zero-order valence-corrected chi connectivity index (χ0v) is 27.3. The van der Waals surface area contributed by atoms with Gasteiger partial charge in [0.1, 0.15) is 17.2 Å². The number of furan rings is 1. The van der Waals surface area contributed by atoms with Gasteiger partial charge in [-0.1, -0.05) is 19.1 Å². The number of carbonyl (C=O) groups excluding carboxylic acids is 1. The molecule has 7 rings (SSSR count). The Morgan fingerprint density at radius 2 is 1.81 bits per heavy atom. The number of fused-ring (bicyclic) bond motifs is 2. The molecule has 1 atom stereocenters. The Labute approximate surface area is 272 Å². The molecule has 3 aromatic carbocycles. The van der Waals surface area contributed by atoms with Crippen LogP contribution in [0.1, 0.15) is 23.0 Å². The zero-order valence-electron chi connectivity index (χ0n) is 26.5. The standard InChI is InChI=1S/C35H34FN5O5S/c1-20-12-30-33(38-16-20)39-35(46-30)24-7-5-6-23(13-24)26-14-27-29(15-28(26)41(47(4,43)44)19-21-17-40(3)18-21)45-32(31(27)34(42)37-2)22-8-10-25(36)11-9-22/h5-11,13-16,20-21H,12,17-19H2,1-4H3,(H,37,42). The van der Waals surface area contributed by atoms with Crippen molar-refractivity contribution >= 4 is 44.6 Å². The van der Waals surface area contributed by atoms with Crippen molar-refractivity contribution < 1.29 is 26.4 Å². The quantitative estimate of drug-likeness (QED) is 0.213. The molecule has 47 heavy (non-hydrogen) atoms. The SMILES string of the molecule is CNC(=O)c1c(-c2ccc(F)cc2)oc2cc(N(CC3CN(C)C3)S(C)(=O)=O)c(-c3cccc(-c4nc5c(o4)CC(C)C=N5)c3)cc12. The minimum Gasteiger partial charge on any atom is -0.455 e. The van der Waals surface area contributed by atoms with E-state index in [0.29, 0.717) is 57.0 Å². The minimum atomic E-state index is -3.75. The Bertz CT molecular complexity index is 2150. The summed E-state index contributed by atoms with van der Waals surface area (Å²) in [4.78, 5) is 24.6. The largest absolute Gasteiger partial charge is 0.455 e. The normalized spacial score (nSPS) is 16.7. The van der Waals surface area contributed by atoms with Gasteiger partial charge in [0.15, 0.2) is 11.6 Å². The first kappa shape index (κ1) is 30.8. The number of amides is 1. The topological polar surface area (TPSA) is 121 Å². The maximum Gasteiger partial charge on any atom is 0.255 e.